The molecule has 0 unspecified atom stereocenters. The Balaban J connectivity index is 2.03. The Kier molecular flexibility index (Phi) is 4.14. The van der Waals surface area contributed by atoms with Crippen LogP contribution in [-0.4, -0.2) is 36.1 Å². The fraction of sp³-hybridized carbons (Fsp3) is 0.417. The average molecular weight is 301 g/mol. The smallest absolute Gasteiger partial charge is 0.307 e. The van der Waals surface area contributed by atoms with Crippen LogP contribution in [0.2, 0.25) is 0 Å². The summed E-state index contributed by atoms with van der Waals surface area (Å²) in [7, 11) is 0. The van der Waals surface area contributed by atoms with Gasteiger partial charge in [-0.1, -0.05) is 0 Å². The highest BCUT2D eigenvalue weighted by Gasteiger charge is 2.33. The summed E-state index contributed by atoms with van der Waals surface area (Å²) in [5.74, 6) is -3.08. The van der Waals surface area contributed by atoms with Crippen molar-refractivity contribution in [2.24, 2.45) is 0 Å². The van der Waals surface area contributed by atoms with E-state index in [0.29, 0.717) is 25.2 Å². The number of hydrogen-bond acceptors (Lipinski definition) is 5. The van der Waals surface area contributed by atoms with Gasteiger partial charge in [0, 0.05) is 25.2 Å². The maximum Gasteiger partial charge on any atom is 0.307 e. The van der Waals surface area contributed by atoms with Crippen molar-refractivity contribution in [3.8, 4) is 0 Å². The maximum absolute atomic E-state index is 13.5. The highest BCUT2D eigenvalue weighted by atomic mass is 19.1. The maximum atomic E-state index is 13.5. The van der Waals surface area contributed by atoms with Crippen LogP contribution >= 0.6 is 0 Å². The second-order valence-corrected chi connectivity index (χ2v) is 4.93. The van der Waals surface area contributed by atoms with Gasteiger partial charge in [0.1, 0.15) is 12.4 Å². The molecule has 2 rings (SSSR count). The van der Waals surface area contributed by atoms with Crippen molar-refractivity contribution in [1.82, 2.24) is 5.32 Å². The van der Waals surface area contributed by atoms with Gasteiger partial charge in [-0.05, 0) is 6.92 Å². The van der Waals surface area contributed by atoms with Gasteiger partial charge >= 0.3 is 5.69 Å². The van der Waals surface area contributed by atoms with E-state index in [1.54, 1.807) is 6.92 Å². The third-order valence-corrected chi connectivity index (χ3v) is 3.06. The van der Waals surface area contributed by atoms with Crippen LogP contribution in [0.3, 0.4) is 0 Å². The summed E-state index contributed by atoms with van der Waals surface area (Å²) >= 11 is 0. The van der Waals surface area contributed by atoms with Gasteiger partial charge in [0.05, 0.1) is 16.2 Å². The van der Waals surface area contributed by atoms with E-state index in [0.717, 1.165) is 0 Å². The molecule has 0 aromatic heterocycles. The second kappa shape index (κ2) is 5.70. The molecule has 2 N–H and O–H groups in total. The summed E-state index contributed by atoms with van der Waals surface area (Å²) < 4.78 is 32.0. The first-order valence-electron chi connectivity index (χ1n) is 6.09. The number of nitrogens with one attached hydrogen (secondary N) is 2. The number of carbonyl (C=O) groups is 1. The predicted octanol–water partition coefficient (Wildman–Crippen LogP) is 1.19. The van der Waals surface area contributed by atoms with Crippen LogP contribution in [0.25, 0.3) is 0 Å². The number of nitro groups is 1. The lowest BCUT2D eigenvalue weighted by molar-refractivity contribution is -0.387. The fourth-order valence-corrected chi connectivity index (χ4v) is 1.78. The zero-order chi connectivity index (χ0) is 15.6. The van der Waals surface area contributed by atoms with Crippen LogP contribution in [0.1, 0.15) is 6.92 Å². The monoisotopic (exact) mass is 301 g/mol. The van der Waals surface area contributed by atoms with Gasteiger partial charge in [-0.2, -0.15) is 4.39 Å². The molecule has 1 amide bonds. The van der Waals surface area contributed by atoms with Crippen LogP contribution in [0, 0.1) is 21.7 Å². The Bertz CT molecular complexity index is 590. The minimum Gasteiger partial charge on any atom is -0.363 e. The molecule has 9 heteroatoms. The molecule has 1 aliphatic heterocycles. The fourth-order valence-electron chi connectivity index (χ4n) is 1.78. The standard InChI is InChI=1S/C12H13F2N3O4/c1-12(5-15-6-12)21-4-11(18)16-9-3-10(17(19)20)8(14)2-7(9)13/h2-3,15H,4-6H2,1H3,(H,16,18). The van der Waals surface area contributed by atoms with Crippen molar-refractivity contribution in [2.45, 2.75) is 12.5 Å². The van der Waals surface area contributed by atoms with Gasteiger partial charge in [-0.25, -0.2) is 4.39 Å². The Morgan fingerprint density at radius 1 is 1.48 bits per heavy atom. The lowest BCUT2D eigenvalue weighted by Gasteiger charge is -2.38. The zero-order valence-electron chi connectivity index (χ0n) is 11.1. The second-order valence-electron chi connectivity index (χ2n) is 4.93. The molecule has 1 fully saturated rings. The number of ether oxygens (including phenoxy) is 1. The number of hydrogen-bond donors (Lipinski definition) is 2. The predicted molar refractivity (Wildman–Crippen MR) is 68.9 cm³/mol. The Morgan fingerprint density at radius 3 is 2.67 bits per heavy atom. The highest BCUT2D eigenvalue weighted by Crippen LogP contribution is 2.25. The van der Waals surface area contributed by atoms with Gasteiger partial charge in [-0.15, -0.1) is 0 Å². The van der Waals surface area contributed by atoms with Crippen LogP contribution in [0.4, 0.5) is 20.2 Å². The number of halogens is 2. The van der Waals surface area contributed by atoms with Gasteiger partial charge in [-0.3, -0.25) is 14.9 Å². The summed E-state index contributed by atoms with van der Waals surface area (Å²) in [6.45, 7) is 2.66. The minimum absolute atomic E-state index is 0.331. The van der Waals surface area contributed by atoms with E-state index in [2.05, 4.69) is 10.6 Å². The molecule has 0 atom stereocenters. The Labute approximate surface area is 118 Å². The molecule has 0 bridgehead atoms. The van der Waals surface area contributed by atoms with E-state index in [4.69, 9.17) is 4.74 Å². The van der Waals surface area contributed by atoms with Crippen molar-refractivity contribution in [1.29, 1.82) is 0 Å². The van der Waals surface area contributed by atoms with Crippen molar-refractivity contribution in [2.75, 3.05) is 25.0 Å². The summed E-state index contributed by atoms with van der Waals surface area (Å²) in [6, 6.07) is 0.987. The molecule has 1 aromatic rings. The summed E-state index contributed by atoms with van der Waals surface area (Å²) in [6.07, 6.45) is 0. The zero-order valence-corrected chi connectivity index (χ0v) is 11.1. The first-order valence-corrected chi connectivity index (χ1v) is 6.09. The molecule has 0 spiro atoms. The van der Waals surface area contributed by atoms with E-state index < -0.39 is 39.4 Å². The number of nitro benzene ring substituents is 1. The molecule has 114 valence electrons. The first-order chi connectivity index (χ1) is 9.81. The molecule has 1 saturated heterocycles. The van der Waals surface area contributed by atoms with Crippen molar-refractivity contribution < 1.29 is 23.2 Å². The normalized spacial score (nSPS) is 16.1. The van der Waals surface area contributed by atoms with E-state index in [9.17, 15) is 23.7 Å². The van der Waals surface area contributed by atoms with Crippen molar-refractivity contribution in [3.05, 3.63) is 33.9 Å². The highest BCUT2D eigenvalue weighted by molar-refractivity contribution is 5.92. The van der Waals surface area contributed by atoms with Crippen LogP contribution in [0.15, 0.2) is 12.1 Å². The molecule has 1 heterocycles. The molecule has 1 aromatic carbocycles. The number of anilines is 1. The molecule has 7 nitrogen and oxygen atoms in total. The van der Waals surface area contributed by atoms with E-state index in [-0.39, 0.29) is 6.61 Å². The quantitative estimate of drug-likeness (QED) is 0.629. The minimum atomic E-state index is -1.31. The van der Waals surface area contributed by atoms with Crippen LogP contribution in [0.5, 0.6) is 0 Å². The number of rotatable bonds is 5. The number of carbonyl (C=O) groups excluding carboxylic acids is 1. The molecular weight excluding hydrogens is 288 g/mol. The van der Waals surface area contributed by atoms with Crippen molar-refractivity contribution >= 4 is 17.3 Å². The number of amides is 1. The molecule has 0 radical (unpaired) electrons. The Morgan fingerprint density at radius 2 is 2.14 bits per heavy atom. The van der Waals surface area contributed by atoms with Gasteiger partial charge in [0.2, 0.25) is 11.7 Å². The molecule has 1 aliphatic rings. The first kappa shape index (κ1) is 15.3. The van der Waals surface area contributed by atoms with Crippen molar-refractivity contribution in [3.63, 3.8) is 0 Å². The molecular formula is C12H13F2N3O4. The Hall–Kier alpha value is -2.13. The van der Waals surface area contributed by atoms with E-state index >= 15 is 0 Å². The van der Waals surface area contributed by atoms with Gasteiger partial charge in [0.15, 0.2) is 0 Å². The van der Waals surface area contributed by atoms with Gasteiger partial charge in [0.25, 0.3) is 0 Å². The van der Waals surface area contributed by atoms with E-state index in [1.165, 1.54) is 0 Å². The molecule has 21 heavy (non-hydrogen) atoms. The van der Waals surface area contributed by atoms with Crippen LogP contribution in [-0.2, 0) is 9.53 Å². The molecule has 0 aliphatic carbocycles. The third-order valence-electron chi connectivity index (χ3n) is 3.06. The number of benzene rings is 1. The van der Waals surface area contributed by atoms with E-state index in [1.807, 2.05) is 0 Å². The lowest BCUT2D eigenvalue weighted by atomic mass is 10.0. The topological polar surface area (TPSA) is 93.5 Å². The third kappa shape index (κ3) is 3.50. The summed E-state index contributed by atoms with van der Waals surface area (Å²) in [5, 5.41) is 15.7. The molecule has 0 saturated carbocycles. The largest absolute Gasteiger partial charge is 0.363 e. The average Bonchev–Trinajstić information content (AvgIpc) is 2.37. The van der Waals surface area contributed by atoms with Gasteiger partial charge < -0.3 is 15.4 Å². The number of nitrogens with zero attached hydrogens (tertiary/aromatic N) is 1. The SMILES string of the molecule is CC1(OCC(=O)Nc2cc([N+](=O)[O-])c(F)cc2F)CNC1. The lowest BCUT2D eigenvalue weighted by Crippen LogP contribution is -2.59. The van der Waals surface area contributed by atoms with Crippen LogP contribution < -0.4 is 10.6 Å². The summed E-state index contributed by atoms with van der Waals surface area (Å²) in [4.78, 5) is 21.2. The summed E-state index contributed by atoms with van der Waals surface area (Å²) in [5.41, 5.74) is -1.83.